The van der Waals surface area contributed by atoms with Crippen molar-refractivity contribution in [3.05, 3.63) is 47.9 Å². The predicted molar refractivity (Wildman–Crippen MR) is 85.0 cm³/mol. The molecule has 2 N–H and O–H groups in total. The number of nitrogens with one attached hydrogen (secondary N) is 2. The van der Waals surface area contributed by atoms with Crippen LogP contribution < -0.4 is 15.4 Å². The fourth-order valence-electron chi connectivity index (χ4n) is 1.85. The number of amides is 1. The van der Waals surface area contributed by atoms with E-state index < -0.39 is 0 Å². The van der Waals surface area contributed by atoms with Crippen LogP contribution in [0.15, 0.2) is 36.7 Å². The molecule has 6 heteroatoms. The molecule has 0 aliphatic rings. The molecule has 0 atom stereocenters. The normalized spacial score (nSPS) is 10.1. The summed E-state index contributed by atoms with van der Waals surface area (Å²) in [4.78, 5) is 20.2. The van der Waals surface area contributed by atoms with Crippen molar-refractivity contribution in [2.75, 3.05) is 19.0 Å². The summed E-state index contributed by atoms with van der Waals surface area (Å²) in [6.07, 6.45) is 2.38. The van der Waals surface area contributed by atoms with Gasteiger partial charge in [0.05, 0.1) is 7.11 Å². The van der Waals surface area contributed by atoms with E-state index in [4.69, 9.17) is 4.74 Å². The van der Waals surface area contributed by atoms with E-state index in [0.29, 0.717) is 18.1 Å². The smallest absolute Gasteiger partial charge is 0.270 e. The second-order valence-electron chi connectivity index (χ2n) is 4.75. The first-order valence-electron chi connectivity index (χ1n) is 7.20. The first-order chi connectivity index (χ1) is 10.7. The van der Waals surface area contributed by atoms with Crippen molar-refractivity contribution >= 4 is 11.7 Å². The molecule has 0 aliphatic heterocycles. The Balaban J connectivity index is 1.93. The van der Waals surface area contributed by atoms with Gasteiger partial charge in [0.2, 0.25) is 0 Å². The van der Waals surface area contributed by atoms with E-state index in [1.807, 2.05) is 24.3 Å². The average molecular weight is 300 g/mol. The number of rotatable bonds is 7. The second kappa shape index (κ2) is 7.97. The van der Waals surface area contributed by atoms with E-state index in [1.165, 1.54) is 6.33 Å². The highest BCUT2D eigenvalue weighted by Crippen LogP contribution is 2.11. The fraction of sp³-hybridized carbons (Fsp3) is 0.312. The molecule has 0 bridgehead atoms. The Kier molecular flexibility index (Phi) is 5.71. The first-order valence-corrected chi connectivity index (χ1v) is 7.20. The third-order valence-electron chi connectivity index (χ3n) is 3.07. The Morgan fingerprint density at radius 2 is 2.00 bits per heavy atom. The SMILES string of the molecule is CCCNc1cc(C(=O)NCc2ccc(OC)cc2)ncn1. The van der Waals surface area contributed by atoms with Gasteiger partial charge in [-0.3, -0.25) is 4.79 Å². The van der Waals surface area contributed by atoms with E-state index in [0.717, 1.165) is 24.3 Å². The average Bonchev–Trinajstić information content (AvgIpc) is 2.58. The number of methoxy groups -OCH3 is 1. The summed E-state index contributed by atoms with van der Waals surface area (Å²) in [6, 6.07) is 9.19. The minimum Gasteiger partial charge on any atom is -0.497 e. The van der Waals surface area contributed by atoms with E-state index in [-0.39, 0.29) is 5.91 Å². The molecular formula is C16H20N4O2. The van der Waals surface area contributed by atoms with Gasteiger partial charge in [-0.25, -0.2) is 9.97 Å². The molecule has 22 heavy (non-hydrogen) atoms. The monoisotopic (exact) mass is 300 g/mol. The van der Waals surface area contributed by atoms with Gasteiger partial charge < -0.3 is 15.4 Å². The van der Waals surface area contributed by atoms with Gasteiger partial charge in [0, 0.05) is 19.2 Å². The maximum Gasteiger partial charge on any atom is 0.270 e. The van der Waals surface area contributed by atoms with Gasteiger partial charge in [0.25, 0.3) is 5.91 Å². The van der Waals surface area contributed by atoms with Crippen molar-refractivity contribution in [1.82, 2.24) is 15.3 Å². The second-order valence-corrected chi connectivity index (χ2v) is 4.75. The van der Waals surface area contributed by atoms with Crippen molar-refractivity contribution in [2.45, 2.75) is 19.9 Å². The first kappa shape index (κ1) is 15.8. The molecule has 0 saturated carbocycles. The van der Waals surface area contributed by atoms with Gasteiger partial charge in [0.1, 0.15) is 23.6 Å². The van der Waals surface area contributed by atoms with E-state index in [2.05, 4.69) is 27.5 Å². The van der Waals surface area contributed by atoms with Crippen LogP contribution >= 0.6 is 0 Å². The Bertz CT molecular complexity index is 614. The molecule has 2 aromatic rings. The number of carbonyl (C=O) groups is 1. The maximum atomic E-state index is 12.1. The summed E-state index contributed by atoms with van der Waals surface area (Å²) in [6.45, 7) is 3.31. The van der Waals surface area contributed by atoms with Crippen molar-refractivity contribution < 1.29 is 9.53 Å². The molecular weight excluding hydrogens is 280 g/mol. The summed E-state index contributed by atoms with van der Waals surface area (Å²) in [5.74, 6) is 1.22. The third kappa shape index (κ3) is 4.44. The van der Waals surface area contributed by atoms with Gasteiger partial charge in [-0.15, -0.1) is 0 Å². The number of aromatic nitrogens is 2. The molecule has 1 aromatic heterocycles. The largest absolute Gasteiger partial charge is 0.497 e. The molecule has 1 heterocycles. The Labute approximate surface area is 129 Å². The minimum atomic E-state index is -0.224. The number of carbonyl (C=O) groups excluding carboxylic acids is 1. The van der Waals surface area contributed by atoms with Crippen molar-refractivity contribution in [1.29, 1.82) is 0 Å². The quantitative estimate of drug-likeness (QED) is 0.820. The highest BCUT2D eigenvalue weighted by atomic mass is 16.5. The zero-order valence-corrected chi connectivity index (χ0v) is 12.8. The molecule has 2 rings (SSSR count). The van der Waals surface area contributed by atoms with Gasteiger partial charge >= 0.3 is 0 Å². The standard InChI is InChI=1S/C16H20N4O2/c1-3-8-17-15-9-14(19-11-20-15)16(21)18-10-12-4-6-13(22-2)7-5-12/h4-7,9,11H,3,8,10H2,1-2H3,(H,18,21)(H,17,19,20). The van der Waals surface area contributed by atoms with Gasteiger partial charge in [0.15, 0.2) is 0 Å². The fourth-order valence-corrected chi connectivity index (χ4v) is 1.85. The summed E-state index contributed by atoms with van der Waals surface area (Å²) in [7, 11) is 1.62. The summed E-state index contributed by atoms with van der Waals surface area (Å²) >= 11 is 0. The zero-order chi connectivity index (χ0) is 15.8. The van der Waals surface area contributed by atoms with Crippen LogP contribution in [0.25, 0.3) is 0 Å². The van der Waals surface area contributed by atoms with E-state index in [9.17, 15) is 4.79 Å². The number of ether oxygens (including phenoxy) is 1. The maximum absolute atomic E-state index is 12.1. The lowest BCUT2D eigenvalue weighted by atomic mass is 10.2. The van der Waals surface area contributed by atoms with Crippen molar-refractivity contribution in [3.63, 3.8) is 0 Å². The van der Waals surface area contributed by atoms with Gasteiger partial charge in [-0.1, -0.05) is 19.1 Å². The van der Waals surface area contributed by atoms with Crippen molar-refractivity contribution in [3.8, 4) is 5.75 Å². The summed E-state index contributed by atoms with van der Waals surface area (Å²) in [5, 5.41) is 5.97. The predicted octanol–water partition coefficient (Wildman–Crippen LogP) is 2.24. The van der Waals surface area contributed by atoms with Crippen LogP contribution in [0.3, 0.4) is 0 Å². The summed E-state index contributed by atoms with van der Waals surface area (Å²) < 4.78 is 5.10. The van der Waals surface area contributed by atoms with Crippen LogP contribution in [0.4, 0.5) is 5.82 Å². The lowest BCUT2D eigenvalue weighted by molar-refractivity contribution is 0.0946. The van der Waals surface area contributed by atoms with Crippen molar-refractivity contribution in [2.24, 2.45) is 0 Å². The molecule has 0 radical (unpaired) electrons. The Morgan fingerprint density at radius 1 is 1.23 bits per heavy atom. The molecule has 0 unspecified atom stereocenters. The molecule has 116 valence electrons. The van der Waals surface area contributed by atoms with Crippen LogP contribution in [0.5, 0.6) is 5.75 Å². The van der Waals surface area contributed by atoms with E-state index >= 15 is 0 Å². The number of nitrogens with zero attached hydrogens (tertiary/aromatic N) is 2. The Morgan fingerprint density at radius 3 is 2.68 bits per heavy atom. The Hall–Kier alpha value is -2.63. The zero-order valence-electron chi connectivity index (χ0n) is 12.8. The molecule has 1 aromatic carbocycles. The molecule has 0 aliphatic carbocycles. The van der Waals surface area contributed by atoms with Gasteiger partial charge in [-0.2, -0.15) is 0 Å². The van der Waals surface area contributed by atoms with E-state index in [1.54, 1.807) is 13.2 Å². The molecule has 1 amide bonds. The molecule has 6 nitrogen and oxygen atoms in total. The minimum absolute atomic E-state index is 0.224. The lowest BCUT2D eigenvalue weighted by Crippen LogP contribution is -2.24. The van der Waals surface area contributed by atoms with Crippen LogP contribution in [-0.2, 0) is 6.54 Å². The van der Waals surface area contributed by atoms with Crippen LogP contribution in [0, 0.1) is 0 Å². The highest BCUT2D eigenvalue weighted by molar-refractivity contribution is 5.92. The number of hydrogen-bond donors (Lipinski definition) is 2. The third-order valence-corrected chi connectivity index (χ3v) is 3.07. The highest BCUT2D eigenvalue weighted by Gasteiger charge is 2.08. The molecule has 0 spiro atoms. The van der Waals surface area contributed by atoms with Crippen LogP contribution in [0.1, 0.15) is 29.4 Å². The van der Waals surface area contributed by atoms with Crippen LogP contribution in [0.2, 0.25) is 0 Å². The molecule has 0 fully saturated rings. The number of hydrogen-bond acceptors (Lipinski definition) is 5. The van der Waals surface area contributed by atoms with Gasteiger partial charge in [-0.05, 0) is 24.1 Å². The lowest BCUT2D eigenvalue weighted by Gasteiger charge is -2.07. The summed E-state index contributed by atoms with van der Waals surface area (Å²) in [5.41, 5.74) is 1.34. The topological polar surface area (TPSA) is 76.1 Å². The van der Waals surface area contributed by atoms with Crippen LogP contribution in [-0.4, -0.2) is 29.5 Å². The molecule has 0 saturated heterocycles. The number of benzene rings is 1. The number of anilines is 1.